The summed E-state index contributed by atoms with van der Waals surface area (Å²) in [5.74, 6) is 0. The van der Waals surface area contributed by atoms with Crippen LogP contribution in [0.25, 0.3) is 22.2 Å². The molecule has 0 aliphatic heterocycles. The van der Waals surface area contributed by atoms with E-state index >= 15 is 0 Å². The Balaban J connectivity index is 1.89. The van der Waals surface area contributed by atoms with E-state index < -0.39 is 11.4 Å². The van der Waals surface area contributed by atoms with E-state index in [4.69, 9.17) is 0 Å². The highest BCUT2D eigenvalue weighted by Crippen LogP contribution is 2.31. The van der Waals surface area contributed by atoms with Crippen LogP contribution in [-0.4, -0.2) is 24.9 Å². The van der Waals surface area contributed by atoms with Crippen LogP contribution in [0.3, 0.4) is 0 Å². The van der Waals surface area contributed by atoms with Crippen LogP contribution in [0.5, 0.6) is 0 Å². The number of hydrogen-bond acceptors (Lipinski definition) is 4. The molecule has 0 amide bonds. The van der Waals surface area contributed by atoms with E-state index in [0.29, 0.717) is 17.8 Å². The van der Waals surface area contributed by atoms with E-state index in [2.05, 4.69) is 32.5 Å². The molecule has 1 N–H and O–H groups in total. The monoisotopic (exact) mass is 406 g/mol. The minimum Gasteiger partial charge on any atom is -0.593 e. The van der Waals surface area contributed by atoms with Crippen LogP contribution >= 0.6 is 0 Å². The summed E-state index contributed by atoms with van der Waals surface area (Å²) < 4.78 is 18.5. The van der Waals surface area contributed by atoms with Crippen molar-refractivity contribution in [3.05, 3.63) is 82.5 Å². The van der Waals surface area contributed by atoms with Gasteiger partial charge in [0.05, 0.1) is 23.2 Å². The largest absolute Gasteiger partial charge is 0.593 e. The predicted octanol–water partition coefficient (Wildman–Crippen LogP) is 3.46. The third kappa shape index (κ3) is 3.92. The van der Waals surface area contributed by atoms with Crippen LogP contribution in [0.1, 0.15) is 11.1 Å². The van der Waals surface area contributed by atoms with E-state index in [1.54, 1.807) is 24.2 Å². The summed E-state index contributed by atoms with van der Waals surface area (Å²) in [6.07, 6.45) is 5.22. The van der Waals surface area contributed by atoms with E-state index in [9.17, 15) is 9.35 Å². The second-order valence-corrected chi connectivity index (χ2v) is 8.25. The van der Waals surface area contributed by atoms with Crippen molar-refractivity contribution >= 4 is 28.1 Å². The van der Waals surface area contributed by atoms with Gasteiger partial charge in [-0.15, -0.1) is 0 Å². The van der Waals surface area contributed by atoms with Gasteiger partial charge in [-0.25, -0.2) is 9.71 Å². The molecule has 4 rings (SSSR count). The number of rotatable bonds is 5. The predicted molar refractivity (Wildman–Crippen MR) is 118 cm³/mol. The van der Waals surface area contributed by atoms with Crippen molar-refractivity contribution in [1.29, 1.82) is 0 Å². The zero-order chi connectivity index (χ0) is 20.5. The van der Waals surface area contributed by atoms with Gasteiger partial charge < -0.3 is 13.7 Å². The minimum absolute atomic E-state index is 0.0167. The van der Waals surface area contributed by atoms with Gasteiger partial charge in [0.1, 0.15) is 17.5 Å². The summed E-state index contributed by atoms with van der Waals surface area (Å²) in [4.78, 5) is 16.7. The number of aryl methyl sites for hydroxylation is 2. The average molecular weight is 407 g/mol. The number of benzene rings is 2. The second kappa shape index (κ2) is 7.77. The first-order chi connectivity index (χ1) is 13.9. The fourth-order valence-electron chi connectivity index (χ4n) is 3.50. The van der Waals surface area contributed by atoms with Crippen LogP contribution < -0.4 is 10.3 Å². The third-order valence-electron chi connectivity index (χ3n) is 4.87. The van der Waals surface area contributed by atoms with Gasteiger partial charge in [-0.05, 0) is 41.8 Å². The van der Waals surface area contributed by atoms with Gasteiger partial charge in [0, 0.05) is 25.4 Å². The molecule has 2 heterocycles. The van der Waals surface area contributed by atoms with Gasteiger partial charge in [-0.2, -0.15) is 0 Å². The van der Waals surface area contributed by atoms with Gasteiger partial charge in [0.15, 0.2) is 0 Å². The molecule has 0 aliphatic carbocycles. The Bertz CT molecular complexity index is 1200. The zero-order valence-electron chi connectivity index (χ0n) is 16.5. The quantitative estimate of drug-likeness (QED) is 0.515. The van der Waals surface area contributed by atoms with Gasteiger partial charge in [-0.1, -0.05) is 30.3 Å². The fraction of sp³-hybridized carbons (Fsp3) is 0.182. The Hall–Kier alpha value is -3.03. The molecule has 2 aromatic carbocycles. The molecule has 0 saturated heterocycles. The molecule has 0 aliphatic rings. The summed E-state index contributed by atoms with van der Waals surface area (Å²) in [5.41, 5.74) is 6.09. The summed E-state index contributed by atoms with van der Waals surface area (Å²) in [7, 11) is 1.75. The highest BCUT2D eigenvalue weighted by atomic mass is 32.2. The Morgan fingerprint density at radius 1 is 1.14 bits per heavy atom. The number of fused-ring (bicyclic) bond motifs is 1. The molecule has 29 heavy (non-hydrogen) atoms. The molecule has 0 saturated carbocycles. The number of nitrogens with zero attached hydrogens (tertiary/aromatic N) is 3. The Kier molecular flexibility index (Phi) is 5.17. The maximum absolute atomic E-state index is 12.1. The van der Waals surface area contributed by atoms with Gasteiger partial charge >= 0.3 is 0 Å². The van der Waals surface area contributed by atoms with E-state index in [1.165, 1.54) is 5.56 Å². The van der Waals surface area contributed by atoms with Crippen LogP contribution in [-0.2, 0) is 25.0 Å². The molecular weight excluding hydrogens is 384 g/mol. The average Bonchev–Trinajstić information content (AvgIpc) is 3.09. The van der Waals surface area contributed by atoms with E-state index in [-0.39, 0.29) is 5.56 Å². The smallest absolute Gasteiger partial charge is 0.253 e. The maximum Gasteiger partial charge on any atom is 0.253 e. The first kappa shape index (κ1) is 19.3. The van der Waals surface area contributed by atoms with Crippen molar-refractivity contribution in [2.75, 3.05) is 11.0 Å². The van der Waals surface area contributed by atoms with Crippen molar-refractivity contribution in [2.45, 2.75) is 13.5 Å². The van der Waals surface area contributed by atoms with Crippen molar-refractivity contribution in [1.82, 2.24) is 14.1 Å². The highest BCUT2D eigenvalue weighted by molar-refractivity contribution is 7.92. The lowest BCUT2D eigenvalue weighted by Crippen LogP contribution is -2.18. The number of pyridine rings is 1. The molecule has 0 bridgehead atoms. The number of nitrogens with one attached hydrogen (secondary N) is 1. The first-order valence-electron chi connectivity index (χ1n) is 9.23. The molecule has 148 valence electrons. The molecule has 0 fully saturated rings. The molecule has 4 aromatic rings. The summed E-state index contributed by atoms with van der Waals surface area (Å²) >= 11 is -1.23. The van der Waals surface area contributed by atoms with Crippen LogP contribution in [0.2, 0.25) is 0 Å². The van der Waals surface area contributed by atoms with Gasteiger partial charge in [-0.3, -0.25) is 4.79 Å². The van der Waals surface area contributed by atoms with Crippen molar-refractivity contribution in [2.24, 2.45) is 7.05 Å². The SMILES string of the molecule is Cc1cc(-c2cc(N[S+](C)[O-])c3ncn(Cc4ccccc4)c3c2)cn(C)c1=O. The summed E-state index contributed by atoms with van der Waals surface area (Å²) in [6, 6.07) is 16.1. The number of imidazole rings is 1. The third-order valence-corrected chi connectivity index (χ3v) is 5.38. The topological polar surface area (TPSA) is 74.9 Å². The molecule has 1 unspecified atom stereocenters. The Morgan fingerprint density at radius 3 is 2.59 bits per heavy atom. The normalized spacial score (nSPS) is 12.3. The Morgan fingerprint density at radius 2 is 1.90 bits per heavy atom. The fourth-order valence-corrected chi connectivity index (χ4v) is 3.97. The number of hydrogen-bond donors (Lipinski definition) is 1. The molecule has 6 nitrogen and oxygen atoms in total. The number of aromatic nitrogens is 3. The summed E-state index contributed by atoms with van der Waals surface area (Å²) in [5, 5.41) is 0. The molecule has 1 atom stereocenters. The lowest BCUT2D eigenvalue weighted by atomic mass is 10.0. The van der Waals surface area contributed by atoms with Crippen LogP contribution in [0.4, 0.5) is 5.69 Å². The molecule has 0 spiro atoms. The maximum atomic E-state index is 12.1. The van der Waals surface area contributed by atoms with E-state index in [1.807, 2.05) is 43.5 Å². The molecule has 2 aromatic heterocycles. The lowest BCUT2D eigenvalue weighted by molar-refractivity contribution is 0.606. The number of anilines is 1. The van der Waals surface area contributed by atoms with Gasteiger partial charge in [0.2, 0.25) is 0 Å². The standard InChI is InChI=1S/C22H22N4O2S/c1-15-9-18(13-25(2)22(15)27)17-10-19(24-29(3)28)21-20(11-17)26(14-23-21)12-16-7-5-4-6-8-16/h4-11,13-14,24H,12H2,1-3H3. The van der Waals surface area contributed by atoms with Crippen molar-refractivity contribution in [3.8, 4) is 11.1 Å². The lowest BCUT2D eigenvalue weighted by Gasteiger charge is -2.13. The Labute approximate surface area is 172 Å². The van der Waals surface area contributed by atoms with Crippen LogP contribution in [0, 0.1) is 6.92 Å². The summed E-state index contributed by atoms with van der Waals surface area (Å²) in [6.45, 7) is 2.49. The second-order valence-electron chi connectivity index (χ2n) is 7.13. The zero-order valence-corrected chi connectivity index (χ0v) is 17.4. The highest BCUT2D eigenvalue weighted by Gasteiger charge is 2.15. The molecule has 7 heteroatoms. The molecular formula is C22H22N4O2S. The van der Waals surface area contributed by atoms with Crippen LogP contribution in [0.15, 0.2) is 65.8 Å². The minimum atomic E-state index is -1.23. The van der Waals surface area contributed by atoms with Gasteiger partial charge in [0.25, 0.3) is 5.56 Å². The first-order valence-corrected chi connectivity index (χ1v) is 10.8. The van der Waals surface area contributed by atoms with E-state index in [0.717, 1.165) is 22.2 Å². The molecule has 0 radical (unpaired) electrons. The van der Waals surface area contributed by atoms with Crippen molar-refractivity contribution < 1.29 is 4.55 Å². The van der Waals surface area contributed by atoms with Crippen molar-refractivity contribution in [3.63, 3.8) is 0 Å².